The molecule has 1 aromatic rings. The molecule has 1 aliphatic rings. The van der Waals surface area contributed by atoms with E-state index in [1.54, 1.807) is 20.8 Å². The Labute approximate surface area is 118 Å². The highest BCUT2D eigenvalue weighted by Gasteiger charge is 2.45. The Morgan fingerprint density at radius 3 is 2.32 bits per heavy atom. The number of hydrogen-bond acceptors (Lipinski definition) is 3. The fourth-order valence-corrected chi connectivity index (χ4v) is 2.39. The fourth-order valence-electron chi connectivity index (χ4n) is 2.09. The molecular weight excluding hydrogens is 262 g/mol. The smallest absolute Gasteiger partial charge is 0.306 e. The van der Waals surface area contributed by atoms with Crippen molar-refractivity contribution in [3.8, 4) is 0 Å². The maximum Gasteiger partial charge on any atom is 0.335 e. The molecule has 6 heteroatoms. The molecule has 1 atom stereocenters. The number of benzene rings is 1. The zero-order valence-corrected chi connectivity index (χ0v) is 12.0. The van der Waals surface area contributed by atoms with E-state index in [4.69, 9.17) is 0 Å². The van der Waals surface area contributed by atoms with Crippen molar-refractivity contribution in [3.05, 3.63) is 30.3 Å². The Bertz CT molecular complexity index is 502. The van der Waals surface area contributed by atoms with Crippen molar-refractivity contribution in [1.29, 1.82) is 0 Å². The number of anilines is 1. The molecule has 1 aliphatic heterocycles. The molecule has 0 spiro atoms. The fraction of sp³-hybridized carbons (Fsp3) is 0.385. The van der Waals surface area contributed by atoms with Crippen LogP contribution in [0.5, 0.6) is 0 Å². The molecule has 0 aromatic heterocycles. The van der Waals surface area contributed by atoms with Gasteiger partial charge in [0, 0.05) is 11.7 Å². The maximum atomic E-state index is 12.5. The van der Waals surface area contributed by atoms with Gasteiger partial charge in [0.05, 0.1) is 0 Å². The van der Waals surface area contributed by atoms with E-state index in [2.05, 4.69) is 17.9 Å². The summed E-state index contributed by atoms with van der Waals surface area (Å²) in [6.45, 7) is 5.26. The zero-order chi connectivity index (χ0) is 14.2. The van der Waals surface area contributed by atoms with Crippen molar-refractivity contribution < 1.29 is 9.59 Å². The molecule has 0 saturated carbocycles. The van der Waals surface area contributed by atoms with Crippen molar-refractivity contribution in [2.75, 3.05) is 4.90 Å². The number of amides is 4. The Morgan fingerprint density at radius 2 is 1.79 bits per heavy atom. The molecule has 1 heterocycles. The number of para-hydroxylation sites is 1. The van der Waals surface area contributed by atoms with Gasteiger partial charge in [0.25, 0.3) is 0 Å². The van der Waals surface area contributed by atoms with Gasteiger partial charge in [-0.1, -0.05) is 18.2 Å². The van der Waals surface area contributed by atoms with Gasteiger partial charge in [0.1, 0.15) is 0 Å². The lowest BCUT2D eigenvalue weighted by atomic mass is 10.2. The second-order valence-corrected chi connectivity index (χ2v) is 5.74. The molecule has 1 fully saturated rings. The summed E-state index contributed by atoms with van der Waals surface area (Å²) in [6.07, 6.45) is 0. The van der Waals surface area contributed by atoms with Crippen LogP contribution in [0.25, 0.3) is 0 Å². The van der Waals surface area contributed by atoms with Crippen molar-refractivity contribution in [2.24, 2.45) is 0 Å². The minimum atomic E-state index is -1.05. The van der Waals surface area contributed by atoms with Crippen molar-refractivity contribution >= 4 is 30.4 Å². The zero-order valence-electron chi connectivity index (χ0n) is 11.1. The number of thiol groups is 1. The molecule has 2 rings (SSSR count). The molecule has 1 aromatic carbocycles. The normalized spacial score (nSPS) is 23.8. The highest BCUT2D eigenvalue weighted by molar-refractivity contribution is 7.82. The van der Waals surface area contributed by atoms with E-state index < -0.39 is 11.0 Å². The van der Waals surface area contributed by atoms with Crippen LogP contribution >= 0.6 is 12.6 Å². The third-order valence-electron chi connectivity index (χ3n) is 2.93. The van der Waals surface area contributed by atoms with Gasteiger partial charge in [0.15, 0.2) is 4.99 Å². The van der Waals surface area contributed by atoms with Gasteiger partial charge in [-0.2, -0.15) is 0 Å². The molecule has 0 radical (unpaired) electrons. The summed E-state index contributed by atoms with van der Waals surface area (Å²) in [7, 11) is 0. The van der Waals surface area contributed by atoms with E-state index in [0.29, 0.717) is 5.69 Å². The molecular formula is C13H17N3O2S. The first-order valence-electron chi connectivity index (χ1n) is 6.07. The van der Waals surface area contributed by atoms with Gasteiger partial charge < -0.3 is 5.32 Å². The van der Waals surface area contributed by atoms with Gasteiger partial charge in [-0.3, -0.25) is 4.90 Å². The molecule has 4 amide bonds. The highest BCUT2D eigenvalue weighted by atomic mass is 32.1. The average Bonchev–Trinajstić information content (AvgIpc) is 2.27. The summed E-state index contributed by atoms with van der Waals surface area (Å²) in [6, 6.07) is 8.14. The van der Waals surface area contributed by atoms with E-state index in [1.807, 2.05) is 30.3 Å². The van der Waals surface area contributed by atoms with Crippen molar-refractivity contribution in [1.82, 2.24) is 10.2 Å². The summed E-state index contributed by atoms with van der Waals surface area (Å²) in [5, 5.41) is 2.72. The molecule has 0 bridgehead atoms. The van der Waals surface area contributed by atoms with E-state index >= 15 is 0 Å². The Kier molecular flexibility index (Phi) is 3.45. The Morgan fingerprint density at radius 1 is 1.21 bits per heavy atom. The summed E-state index contributed by atoms with van der Waals surface area (Å²) in [4.78, 5) is 26.1. The maximum absolute atomic E-state index is 12.5. The van der Waals surface area contributed by atoms with Crippen LogP contribution in [-0.2, 0) is 0 Å². The molecule has 1 saturated heterocycles. The number of nitrogens with zero attached hydrogens (tertiary/aromatic N) is 2. The minimum Gasteiger partial charge on any atom is -0.306 e. The molecule has 1 unspecified atom stereocenters. The topological polar surface area (TPSA) is 52.7 Å². The number of carbonyl (C=O) groups is 2. The highest BCUT2D eigenvalue weighted by Crippen LogP contribution is 2.30. The summed E-state index contributed by atoms with van der Waals surface area (Å²) < 4.78 is 0. The predicted molar refractivity (Wildman–Crippen MR) is 77.2 cm³/mol. The van der Waals surface area contributed by atoms with Crippen molar-refractivity contribution in [3.63, 3.8) is 0 Å². The van der Waals surface area contributed by atoms with Crippen LogP contribution in [0.2, 0.25) is 0 Å². The summed E-state index contributed by atoms with van der Waals surface area (Å²) in [5.41, 5.74) is 0.690. The molecule has 19 heavy (non-hydrogen) atoms. The van der Waals surface area contributed by atoms with E-state index in [0.717, 1.165) is 0 Å². The predicted octanol–water partition coefficient (Wildman–Crippen LogP) is 2.65. The van der Waals surface area contributed by atoms with Crippen LogP contribution in [-0.4, -0.2) is 28.0 Å². The Balaban J connectivity index is 2.45. The summed E-state index contributed by atoms with van der Waals surface area (Å²) in [5.74, 6) is 0. The van der Waals surface area contributed by atoms with Crippen LogP contribution in [0.3, 0.4) is 0 Å². The largest absolute Gasteiger partial charge is 0.335 e. The van der Waals surface area contributed by atoms with Crippen LogP contribution in [0.4, 0.5) is 15.3 Å². The third kappa shape index (κ3) is 2.40. The number of nitrogens with one attached hydrogen (secondary N) is 1. The molecule has 102 valence electrons. The van der Waals surface area contributed by atoms with Gasteiger partial charge in [-0.15, -0.1) is 12.6 Å². The summed E-state index contributed by atoms with van der Waals surface area (Å²) >= 11 is 4.40. The average molecular weight is 279 g/mol. The second kappa shape index (κ2) is 4.77. The van der Waals surface area contributed by atoms with Gasteiger partial charge in [0.2, 0.25) is 0 Å². The SMILES string of the molecule is CC(C)N1C(=O)NC(C)(S)N(c2ccccc2)C1=O. The quantitative estimate of drug-likeness (QED) is 0.818. The lowest BCUT2D eigenvalue weighted by Gasteiger charge is -2.46. The first kappa shape index (κ1) is 13.7. The number of rotatable bonds is 2. The monoisotopic (exact) mass is 279 g/mol. The minimum absolute atomic E-state index is 0.219. The standard InChI is InChI=1S/C13H17N3O2S/c1-9(2)15-11(17)14-13(3,19)16(12(15)18)10-7-5-4-6-8-10/h4-9,19H,1-3H3,(H,14,17). The third-order valence-corrected chi connectivity index (χ3v) is 3.24. The van der Waals surface area contributed by atoms with Gasteiger partial charge >= 0.3 is 12.1 Å². The number of carbonyl (C=O) groups excluding carboxylic acids is 2. The van der Waals surface area contributed by atoms with Gasteiger partial charge in [-0.05, 0) is 32.9 Å². The van der Waals surface area contributed by atoms with Crippen LogP contribution in [0.15, 0.2) is 30.3 Å². The van der Waals surface area contributed by atoms with E-state index in [1.165, 1.54) is 9.80 Å². The number of hydrogen-bond donors (Lipinski definition) is 2. The van der Waals surface area contributed by atoms with Crippen LogP contribution in [0.1, 0.15) is 20.8 Å². The Hall–Kier alpha value is -1.69. The second-order valence-electron chi connectivity index (χ2n) is 4.87. The lowest BCUT2D eigenvalue weighted by Crippen LogP contribution is -2.70. The number of imide groups is 1. The van der Waals surface area contributed by atoms with Crippen LogP contribution < -0.4 is 10.2 Å². The van der Waals surface area contributed by atoms with E-state index in [9.17, 15) is 9.59 Å². The van der Waals surface area contributed by atoms with Crippen molar-refractivity contribution in [2.45, 2.75) is 31.8 Å². The van der Waals surface area contributed by atoms with Gasteiger partial charge in [-0.25, -0.2) is 14.5 Å². The van der Waals surface area contributed by atoms with Crippen LogP contribution in [0, 0.1) is 0 Å². The van der Waals surface area contributed by atoms with E-state index in [-0.39, 0.29) is 12.1 Å². The molecule has 5 nitrogen and oxygen atoms in total. The molecule has 0 aliphatic carbocycles. The first-order valence-corrected chi connectivity index (χ1v) is 6.52. The lowest BCUT2D eigenvalue weighted by molar-refractivity contribution is 0.161. The molecule has 1 N–H and O–H groups in total. The first-order chi connectivity index (χ1) is 8.84. The number of urea groups is 2.